The zero-order valence-electron chi connectivity index (χ0n) is 9.90. The maximum absolute atomic E-state index is 4.31. The van der Waals surface area contributed by atoms with Crippen molar-refractivity contribution < 1.29 is 0 Å². The lowest BCUT2D eigenvalue weighted by molar-refractivity contribution is 0.290. The Labute approximate surface area is 98.9 Å². The van der Waals surface area contributed by atoms with Crippen LogP contribution in [0.1, 0.15) is 18.1 Å². The standard InChI is InChI=1S/C13H21NS/c1-11-5-4-6-13(7-11)9-14(3)8-12(2)10-15/h4-7,12,15H,8-10H2,1-3H3. The van der Waals surface area contributed by atoms with E-state index in [0.717, 1.165) is 18.8 Å². The average Bonchev–Trinajstić information content (AvgIpc) is 2.17. The summed E-state index contributed by atoms with van der Waals surface area (Å²) in [4.78, 5) is 2.36. The molecular formula is C13H21NS. The van der Waals surface area contributed by atoms with E-state index in [4.69, 9.17) is 0 Å². The van der Waals surface area contributed by atoms with Gasteiger partial charge in [0, 0.05) is 13.1 Å². The number of aryl methyl sites for hydroxylation is 1. The first-order valence-electron chi connectivity index (χ1n) is 5.46. The van der Waals surface area contributed by atoms with Crippen molar-refractivity contribution in [1.29, 1.82) is 0 Å². The molecule has 84 valence electrons. The summed E-state index contributed by atoms with van der Waals surface area (Å²) in [6.07, 6.45) is 0. The minimum atomic E-state index is 0.656. The second kappa shape index (κ2) is 6.19. The molecule has 0 radical (unpaired) electrons. The van der Waals surface area contributed by atoms with Gasteiger partial charge < -0.3 is 4.90 Å². The largest absolute Gasteiger partial charge is 0.302 e. The van der Waals surface area contributed by atoms with Crippen LogP contribution in [0.25, 0.3) is 0 Å². The fourth-order valence-electron chi connectivity index (χ4n) is 1.78. The highest BCUT2D eigenvalue weighted by Crippen LogP contribution is 2.08. The lowest BCUT2D eigenvalue weighted by atomic mass is 10.1. The van der Waals surface area contributed by atoms with E-state index in [1.807, 2.05) is 0 Å². The Morgan fingerprint density at radius 2 is 2.13 bits per heavy atom. The van der Waals surface area contributed by atoms with Gasteiger partial charge in [-0.25, -0.2) is 0 Å². The number of thiol groups is 1. The molecule has 2 heteroatoms. The molecule has 0 fully saturated rings. The summed E-state index contributed by atoms with van der Waals surface area (Å²) in [5.41, 5.74) is 2.73. The van der Waals surface area contributed by atoms with Crippen LogP contribution in [0.4, 0.5) is 0 Å². The quantitative estimate of drug-likeness (QED) is 0.751. The second-order valence-electron chi connectivity index (χ2n) is 4.47. The summed E-state index contributed by atoms with van der Waals surface area (Å²) < 4.78 is 0. The van der Waals surface area contributed by atoms with Crippen molar-refractivity contribution in [3.05, 3.63) is 35.4 Å². The van der Waals surface area contributed by atoms with Crippen molar-refractivity contribution >= 4 is 12.6 Å². The van der Waals surface area contributed by atoms with Crippen LogP contribution in [0.15, 0.2) is 24.3 Å². The van der Waals surface area contributed by atoms with E-state index in [-0.39, 0.29) is 0 Å². The van der Waals surface area contributed by atoms with Crippen LogP contribution in [0, 0.1) is 12.8 Å². The van der Waals surface area contributed by atoms with E-state index in [0.29, 0.717) is 5.92 Å². The Bertz CT molecular complexity index is 298. The highest BCUT2D eigenvalue weighted by Gasteiger charge is 2.05. The van der Waals surface area contributed by atoms with E-state index in [1.54, 1.807) is 0 Å². The van der Waals surface area contributed by atoms with E-state index >= 15 is 0 Å². The predicted octanol–water partition coefficient (Wildman–Crippen LogP) is 2.99. The normalized spacial score (nSPS) is 13.1. The Balaban J connectivity index is 2.47. The molecule has 15 heavy (non-hydrogen) atoms. The summed E-state index contributed by atoms with van der Waals surface area (Å²) in [5, 5.41) is 0. The van der Waals surface area contributed by atoms with Crippen molar-refractivity contribution in [2.45, 2.75) is 20.4 Å². The second-order valence-corrected chi connectivity index (χ2v) is 4.84. The molecule has 0 amide bonds. The van der Waals surface area contributed by atoms with Gasteiger partial charge in [0.2, 0.25) is 0 Å². The van der Waals surface area contributed by atoms with Gasteiger partial charge in [-0.2, -0.15) is 12.6 Å². The number of benzene rings is 1. The fraction of sp³-hybridized carbons (Fsp3) is 0.538. The minimum absolute atomic E-state index is 0.656. The zero-order chi connectivity index (χ0) is 11.3. The Kier molecular flexibility index (Phi) is 5.20. The zero-order valence-corrected chi connectivity index (χ0v) is 10.8. The molecule has 1 nitrogen and oxygen atoms in total. The van der Waals surface area contributed by atoms with E-state index in [9.17, 15) is 0 Å². The Hall–Kier alpha value is -0.470. The van der Waals surface area contributed by atoms with Crippen LogP contribution in [-0.4, -0.2) is 24.2 Å². The van der Waals surface area contributed by atoms with Crippen molar-refractivity contribution in [2.24, 2.45) is 5.92 Å². The summed E-state index contributed by atoms with van der Waals surface area (Å²) in [6.45, 7) is 6.51. The molecule has 0 spiro atoms. The summed E-state index contributed by atoms with van der Waals surface area (Å²) in [5.74, 6) is 1.61. The van der Waals surface area contributed by atoms with Crippen molar-refractivity contribution in [1.82, 2.24) is 4.90 Å². The lowest BCUT2D eigenvalue weighted by Crippen LogP contribution is -2.24. The summed E-state index contributed by atoms with van der Waals surface area (Å²) >= 11 is 4.31. The number of nitrogens with zero attached hydrogens (tertiary/aromatic N) is 1. The number of rotatable bonds is 5. The summed E-state index contributed by atoms with van der Waals surface area (Å²) in [7, 11) is 2.17. The van der Waals surface area contributed by atoms with E-state index in [1.165, 1.54) is 11.1 Å². The molecule has 0 heterocycles. The van der Waals surface area contributed by atoms with E-state index < -0.39 is 0 Å². The molecule has 1 rings (SSSR count). The molecule has 0 saturated heterocycles. The molecule has 0 bridgehead atoms. The molecule has 1 aromatic carbocycles. The molecule has 0 aromatic heterocycles. The SMILES string of the molecule is Cc1cccc(CN(C)CC(C)CS)c1. The topological polar surface area (TPSA) is 3.24 Å². The van der Waals surface area contributed by atoms with Gasteiger partial charge in [0.25, 0.3) is 0 Å². The van der Waals surface area contributed by atoms with Gasteiger partial charge in [0.05, 0.1) is 0 Å². The molecule has 1 aromatic rings. The fourth-order valence-corrected chi connectivity index (χ4v) is 1.89. The molecule has 1 unspecified atom stereocenters. The first-order valence-corrected chi connectivity index (χ1v) is 6.10. The van der Waals surface area contributed by atoms with Crippen LogP contribution >= 0.6 is 12.6 Å². The van der Waals surface area contributed by atoms with Gasteiger partial charge in [0.1, 0.15) is 0 Å². The first-order chi connectivity index (χ1) is 7.11. The number of hydrogen-bond acceptors (Lipinski definition) is 2. The van der Waals surface area contributed by atoms with Crippen LogP contribution in [0.5, 0.6) is 0 Å². The predicted molar refractivity (Wildman–Crippen MR) is 70.5 cm³/mol. The molecule has 0 aliphatic heterocycles. The molecular weight excluding hydrogens is 202 g/mol. The van der Waals surface area contributed by atoms with Crippen LogP contribution < -0.4 is 0 Å². The summed E-state index contributed by atoms with van der Waals surface area (Å²) in [6, 6.07) is 8.71. The molecule has 1 atom stereocenters. The molecule has 0 N–H and O–H groups in total. The smallest absolute Gasteiger partial charge is 0.0230 e. The average molecular weight is 223 g/mol. The van der Waals surface area contributed by atoms with Gasteiger partial charge in [0.15, 0.2) is 0 Å². The lowest BCUT2D eigenvalue weighted by Gasteiger charge is -2.20. The van der Waals surface area contributed by atoms with Gasteiger partial charge in [-0.15, -0.1) is 0 Å². The highest BCUT2D eigenvalue weighted by molar-refractivity contribution is 7.80. The molecule has 0 saturated carbocycles. The number of hydrogen-bond donors (Lipinski definition) is 1. The van der Waals surface area contributed by atoms with Crippen LogP contribution in [0.2, 0.25) is 0 Å². The Morgan fingerprint density at radius 1 is 1.40 bits per heavy atom. The van der Waals surface area contributed by atoms with Crippen LogP contribution in [0.3, 0.4) is 0 Å². The highest BCUT2D eigenvalue weighted by atomic mass is 32.1. The van der Waals surface area contributed by atoms with Crippen molar-refractivity contribution in [3.8, 4) is 0 Å². The minimum Gasteiger partial charge on any atom is -0.302 e. The maximum Gasteiger partial charge on any atom is 0.0230 e. The van der Waals surface area contributed by atoms with E-state index in [2.05, 4.69) is 62.7 Å². The van der Waals surface area contributed by atoms with Crippen molar-refractivity contribution in [2.75, 3.05) is 19.3 Å². The molecule has 0 aliphatic rings. The third-order valence-corrected chi connectivity index (χ3v) is 3.09. The monoisotopic (exact) mass is 223 g/mol. The van der Waals surface area contributed by atoms with Crippen molar-refractivity contribution in [3.63, 3.8) is 0 Å². The third kappa shape index (κ3) is 4.72. The first kappa shape index (κ1) is 12.6. The maximum atomic E-state index is 4.31. The van der Waals surface area contributed by atoms with Crippen LogP contribution in [-0.2, 0) is 6.54 Å². The van der Waals surface area contributed by atoms with Gasteiger partial charge in [-0.3, -0.25) is 0 Å². The van der Waals surface area contributed by atoms with Gasteiger partial charge >= 0.3 is 0 Å². The van der Waals surface area contributed by atoms with Gasteiger partial charge in [-0.1, -0.05) is 36.8 Å². The van der Waals surface area contributed by atoms with Gasteiger partial charge in [-0.05, 0) is 31.2 Å². The third-order valence-electron chi connectivity index (χ3n) is 2.47. The molecule has 0 aliphatic carbocycles. The Morgan fingerprint density at radius 3 is 2.73 bits per heavy atom.